The predicted octanol–water partition coefficient (Wildman–Crippen LogP) is 5.31. The molecule has 33 heavy (non-hydrogen) atoms. The van der Waals surface area contributed by atoms with Gasteiger partial charge in [0.2, 0.25) is 0 Å². The number of methoxy groups -OCH3 is 3. The second-order valence-corrected chi connectivity index (χ2v) is 7.13. The normalized spacial score (nSPS) is 10.8. The van der Waals surface area contributed by atoms with Crippen LogP contribution >= 0.6 is 0 Å². The first kappa shape index (κ1) is 23.4. The molecule has 0 bridgehead atoms. The third-order valence-electron chi connectivity index (χ3n) is 4.99. The summed E-state index contributed by atoms with van der Waals surface area (Å²) in [4.78, 5) is 12.4. The minimum absolute atomic E-state index is 0.213. The first-order valence-corrected chi connectivity index (χ1v) is 10.3. The first-order valence-electron chi connectivity index (χ1n) is 10.3. The number of aryl methyl sites for hydroxylation is 1. The summed E-state index contributed by atoms with van der Waals surface area (Å²) >= 11 is 0. The summed E-state index contributed by atoms with van der Waals surface area (Å²) < 4.78 is 21.2. The Morgan fingerprint density at radius 3 is 2.30 bits per heavy atom. The Morgan fingerprint density at radius 2 is 1.64 bits per heavy atom. The molecule has 0 amide bonds. The Hall–Kier alpha value is -4.24. The van der Waals surface area contributed by atoms with Crippen LogP contribution in [-0.2, 0) is 11.2 Å². The van der Waals surface area contributed by atoms with Gasteiger partial charge < -0.3 is 18.9 Å². The van der Waals surface area contributed by atoms with Crippen LogP contribution in [-0.4, -0.2) is 27.3 Å². The van der Waals surface area contributed by atoms with Crippen molar-refractivity contribution in [2.75, 3.05) is 21.3 Å². The lowest BCUT2D eigenvalue weighted by molar-refractivity contribution is -0.134. The molecule has 0 saturated carbocycles. The lowest BCUT2D eigenvalue weighted by Crippen LogP contribution is -2.09. The summed E-state index contributed by atoms with van der Waals surface area (Å²) in [6.45, 7) is 0. The van der Waals surface area contributed by atoms with E-state index in [-0.39, 0.29) is 12.4 Å². The van der Waals surface area contributed by atoms with E-state index in [1.807, 2.05) is 36.4 Å². The SMILES string of the molecule is COc1ccc(/C(C#N)=C\c2cccc(OC(=O)CCc3ccc(OC)c(OC)c3)c2)cc1. The van der Waals surface area contributed by atoms with Crippen molar-refractivity contribution in [1.29, 1.82) is 5.26 Å². The molecule has 0 aromatic heterocycles. The van der Waals surface area contributed by atoms with Crippen LogP contribution in [0.15, 0.2) is 66.7 Å². The Balaban J connectivity index is 1.66. The number of esters is 1. The van der Waals surface area contributed by atoms with Gasteiger partial charge >= 0.3 is 5.97 Å². The number of benzene rings is 3. The Labute approximate surface area is 193 Å². The van der Waals surface area contributed by atoms with Crippen molar-refractivity contribution in [2.24, 2.45) is 0 Å². The van der Waals surface area contributed by atoms with Crippen molar-refractivity contribution in [2.45, 2.75) is 12.8 Å². The fraction of sp³-hybridized carbons (Fsp3) is 0.185. The Bertz CT molecular complexity index is 1180. The molecule has 0 aliphatic carbocycles. The topological polar surface area (TPSA) is 77.8 Å². The van der Waals surface area contributed by atoms with E-state index >= 15 is 0 Å². The molecule has 0 aliphatic rings. The van der Waals surface area contributed by atoms with Gasteiger partial charge in [0, 0.05) is 6.42 Å². The van der Waals surface area contributed by atoms with Crippen LogP contribution in [0, 0.1) is 11.3 Å². The van der Waals surface area contributed by atoms with E-state index in [1.165, 1.54) is 0 Å². The second-order valence-electron chi connectivity index (χ2n) is 7.13. The molecule has 0 spiro atoms. The molecule has 0 unspecified atom stereocenters. The highest BCUT2D eigenvalue weighted by Gasteiger charge is 2.09. The maximum absolute atomic E-state index is 12.4. The van der Waals surface area contributed by atoms with Crippen LogP contribution in [0.3, 0.4) is 0 Å². The van der Waals surface area contributed by atoms with Gasteiger partial charge in [0.1, 0.15) is 11.5 Å². The molecule has 0 radical (unpaired) electrons. The van der Waals surface area contributed by atoms with Gasteiger partial charge in [-0.2, -0.15) is 5.26 Å². The highest BCUT2D eigenvalue weighted by atomic mass is 16.5. The number of hydrogen-bond acceptors (Lipinski definition) is 6. The zero-order chi connectivity index (χ0) is 23.6. The molecule has 3 aromatic carbocycles. The number of hydrogen-bond donors (Lipinski definition) is 0. The number of nitrogens with zero attached hydrogens (tertiary/aromatic N) is 1. The molecule has 0 atom stereocenters. The number of carbonyl (C=O) groups is 1. The fourth-order valence-electron chi connectivity index (χ4n) is 3.25. The van der Waals surface area contributed by atoms with Crippen LogP contribution in [0.25, 0.3) is 11.6 Å². The van der Waals surface area contributed by atoms with Gasteiger partial charge in [0.25, 0.3) is 0 Å². The molecule has 0 aliphatic heterocycles. The molecule has 3 aromatic rings. The van der Waals surface area contributed by atoms with Crippen LogP contribution in [0.2, 0.25) is 0 Å². The number of allylic oxidation sites excluding steroid dienone is 1. The van der Waals surface area contributed by atoms with E-state index < -0.39 is 0 Å². The largest absolute Gasteiger partial charge is 0.497 e. The summed E-state index contributed by atoms with van der Waals surface area (Å²) in [6, 6.07) is 22.1. The van der Waals surface area contributed by atoms with E-state index in [0.29, 0.717) is 29.2 Å². The average Bonchev–Trinajstić information content (AvgIpc) is 2.86. The van der Waals surface area contributed by atoms with Gasteiger partial charge in [-0.1, -0.05) is 18.2 Å². The molecular formula is C27H25NO5. The molecule has 0 fully saturated rings. The van der Waals surface area contributed by atoms with Gasteiger partial charge in [-0.25, -0.2) is 0 Å². The molecule has 6 heteroatoms. The summed E-state index contributed by atoms with van der Waals surface area (Å²) in [6.07, 6.45) is 2.47. The van der Waals surface area contributed by atoms with E-state index in [4.69, 9.17) is 18.9 Å². The second kappa shape index (κ2) is 11.4. The fourth-order valence-corrected chi connectivity index (χ4v) is 3.25. The molecule has 6 nitrogen and oxygen atoms in total. The van der Waals surface area contributed by atoms with E-state index in [1.54, 1.807) is 57.7 Å². The summed E-state index contributed by atoms with van der Waals surface area (Å²) in [5, 5.41) is 9.58. The molecular weight excluding hydrogens is 418 g/mol. The lowest BCUT2D eigenvalue weighted by atomic mass is 10.0. The van der Waals surface area contributed by atoms with E-state index in [0.717, 1.165) is 22.4 Å². The molecule has 0 N–H and O–H groups in total. The standard InChI is InChI=1S/C27H25NO5/c1-30-23-11-9-21(10-12-23)22(18-28)15-20-5-4-6-24(16-20)33-27(29)14-8-19-7-13-25(31-2)26(17-19)32-3/h4-7,9-13,15-17H,8,14H2,1-3H3/b22-15-. The summed E-state index contributed by atoms with van der Waals surface area (Å²) in [5.74, 6) is 2.06. The average molecular weight is 443 g/mol. The van der Waals surface area contributed by atoms with Gasteiger partial charge in [0.15, 0.2) is 11.5 Å². The van der Waals surface area contributed by atoms with E-state index in [2.05, 4.69) is 6.07 Å². The minimum Gasteiger partial charge on any atom is -0.497 e. The van der Waals surface area contributed by atoms with Gasteiger partial charge in [0.05, 0.1) is 33.0 Å². The van der Waals surface area contributed by atoms with Gasteiger partial charge in [-0.3, -0.25) is 4.79 Å². The summed E-state index contributed by atoms with van der Waals surface area (Å²) in [7, 11) is 4.75. The van der Waals surface area contributed by atoms with Gasteiger partial charge in [-0.15, -0.1) is 0 Å². The van der Waals surface area contributed by atoms with Crippen LogP contribution in [0.1, 0.15) is 23.1 Å². The van der Waals surface area contributed by atoms with Crippen LogP contribution in [0.5, 0.6) is 23.0 Å². The number of nitriles is 1. The molecule has 0 saturated heterocycles. The Kier molecular flexibility index (Phi) is 8.09. The third kappa shape index (κ3) is 6.37. The monoisotopic (exact) mass is 443 g/mol. The Morgan fingerprint density at radius 1 is 0.879 bits per heavy atom. The summed E-state index contributed by atoms with van der Waals surface area (Å²) in [5.41, 5.74) is 2.97. The number of rotatable bonds is 9. The zero-order valence-electron chi connectivity index (χ0n) is 18.8. The third-order valence-corrected chi connectivity index (χ3v) is 4.99. The first-order chi connectivity index (χ1) is 16.1. The number of ether oxygens (including phenoxy) is 4. The highest BCUT2D eigenvalue weighted by molar-refractivity contribution is 5.89. The quantitative estimate of drug-likeness (QED) is 0.193. The molecule has 0 heterocycles. The van der Waals surface area contributed by atoms with Crippen molar-refractivity contribution in [3.63, 3.8) is 0 Å². The smallest absolute Gasteiger partial charge is 0.311 e. The molecule has 3 rings (SSSR count). The zero-order valence-corrected chi connectivity index (χ0v) is 18.8. The molecule has 168 valence electrons. The minimum atomic E-state index is -0.346. The van der Waals surface area contributed by atoms with Gasteiger partial charge in [-0.05, 0) is 77.7 Å². The van der Waals surface area contributed by atoms with Crippen molar-refractivity contribution in [3.05, 3.63) is 83.4 Å². The van der Waals surface area contributed by atoms with Crippen molar-refractivity contribution in [3.8, 4) is 29.1 Å². The predicted molar refractivity (Wildman–Crippen MR) is 126 cm³/mol. The lowest BCUT2D eigenvalue weighted by Gasteiger charge is -2.10. The van der Waals surface area contributed by atoms with Crippen LogP contribution in [0.4, 0.5) is 0 Å². The highest BCUT2D eigenvalue weighted by Crippen LogP contribution is 2.28. The van der Waals surface area contributed by atoms with Crippen LogP contribution < -0.4 is 18.9 Å². The van der Waals surface area contributed by atoms with E-state index in [9.17, 15) is 10.1 Å². The van der Waals surface area contributed by atoms with Crippen molar-refractivity contribution in [1.82, 2.24) is 0 Å². The maximum atomic E-state index is 12.4. The number of carbonyl (C=O) groups excluding carboxylic acids is 1. The van der Waals surface area contributed by atoms with Crippen molar-refractivity contribution < 1.29 is 23.7 Å². The van der Waals surface area contributed by atoms with Crippen molar-refractivity contribution >= 4 is 17.6 Å². The maximum Gasteiger partial charge on any atom is 0.311 e.